The maximum Gasteiger partial charge on any atom is 0.0399 e. The molecular weight excluding hydrogens is 298 g/mol. The van der Waals surface area contributed by atoms with E-state index in [-0.39, 0.29) is 0 Å². The van der Waals surface area contributed by atoms with E-state index in [0.717, 1.165) is 5.33 Å². The number of benzene rings is 1. The molecule has 1 aliphatic rings. The summed E-state index contributed by atoms with van der Waals surface area (Å²) in [6, 6.07) is 6.95. The Morgan fingerprint density at radius 3 is 2.63 bits per heavy atom. The van der Waals surface area contributed by atoms with Crippen LogP contribution in [0.25, 0.3) is 0 Å². The summed E-state index contributed by atoms with van der Waals surface area (Å²) >= 11 is 3.75. The van der Waals surface area contributed by atoms with Gasteiger partial charge >= 0.3 is 0 Å². The molecule has 0 aliphatic carbocycles. The van der Waals surface area contributed by atoms with Crippen LogP contribution >= 0.6 is 15.9 Å². The summed E-state index contributed by atoms with van der Waals surface area (Å²) in [5, 5.41) is 1.10. The van der Waals surface area contributed by atoms with Crippen LogP contribution in [0.5, 0.6) is 0 Å². The fraction of sp³-hybridized carbons (Fsp3) is 0.647. The number of anilines is 1. The Balaban J connectivity index is 2.24. The Bertz CT molecular complexity index is 415. The summed E-state index contributed by atoms with van der Waals surface area (Å²) in [6.07, 6.45) is 5.02. The van der Waals surface area contributed by atoms with Crippen LogP contribution in [0, 0.1) is 12.3 Å². The fourth-order valence-corrected chi connectivity index (χ4v) is 4.05. The van der Waals surface area contributed by atoms with Crippen LogP contribution in [0.4, 0.5) is 5.69 Å². The van der Waals surface area contributed by atoms with Crippen LogP contribution in [-0.4, -0.2) is 18.4 Å². The molecule has 0 bridgehead atoms. The summed E-state index contributed by atoms with van der Waals surface area (Å²) in [5.41, 5.74) is 4.82. The highest BCUT2D eigenvalue weighted by molar-refractivity contribution is 9.09. The third-order valence-corrected chi connectivity index (χ3v) is 5.95. The Hall–Kier alpha value is -0.500. The maximum absolute atomic E-state index is 3.75. The van der Waals surface area contributed by atoms with Gasteiger partial charge in [-0.3, -0.25) is 0 Å². The molecule has 2 heteroatoms. The van der Waals surface area contributed by atoms with Crippen molar-refractivity contribution in [2.24, 2.45) is 5.41 Å². The van der Waals surface area contributed by atoms with Gasteiger partial charge in [-0.15, -0.1) is 0 Å². The van der Waals surface area contributed by atoms with Crippen molar-refractivity contribution >= 4 is 21.6 Å². The van der Waals surface area contributed by atoms with Crippen molar-refractivity contribution in [3.8, 4) is 0 Å². The van der Waals surface area contributed by atoms with Gasteiger partial charge in [0, 0.05) is 24.1 Å². The smallest absolute Gasteiger partial charge is 0.0399 e. The van der Waals surface area contributed by atoms with E-state index < -0.39 is 0 Å². The van der Waals surface area contributed by atoms with Gasteiger partial charge in [0.15, 0.2) is 0 Å². The second-order valence-electron chi connectivity index (χ2n) is 6.00. The SMILES string of the molecule is CCC(CC)(CBr)CN1CCCc2cc(C)ccc21. The molecule has 106 valence electrons. The second-order valence-corrected chi connectivity index (χ2v) is 6.56. The van der Waals surface area contributed by atoms with Crippen LogP contribution in [-0.2, 0) is 6.42 Å². The first kappa shape index (κ1) is 14.9. The van der Waals surface area contributed by atoms with Crippen molar-refractivity contribution in [3.05, 3.63) is 29.3 Å². The zero-order valence-corrected chi connectivity index (χ0v) is 14.1. The molecule has 0 fully saturated rings. The van der Waals surface area contributed by atoms with E-state index in [2.05, 4.69) is 59.8 Å². The van der Waals surface area contributed by atoms with E-state index in [1.807, 2.05) is 0 Å². The number of nitrogens with zero attached hydrogens (tertiary/aromatic N) is 1. The minimum atomic E-state index is 0.416. The lowest BCUT2D eigenvalue weighted by Gasteiger charge is -2.40. The Kier molecular flexibility index (Phi) is 4.94. The number of hydrogen-bond acceptors (Lipinski definition) is 1. The van der Waals surface area contributed by atoms with E-state index in [0.29, 0.717) is 5.41 Å². The van der Waals surface area contributed by atoms with Gasteiger partial charge in [0.25, 0.3) is 0 Å². The molecule has 0 amide bonds. The van der Waals surface area contributed by atoms with Gasteiger partial charge in [0.2, 0.25) is 0 Å². The van der Waals surface area contributed by atoms with Crippen molar-refractivity contribution in [2.75, 3.05) is 23.3 Å². The van der Waals surface area contributed by atoms with Gasteiger partial charge in [-0.1, -0.05) is 47.5 Å². The Labute approximate surface area is 126 Å². The lowest BCUT2D eigenvalue weighted by molar-refractivity contribution is 0.309. The molecule has 0 N–H and O–H groups in total. The number of hydrogen-bond donors (Lipinski definition) is 0. The van der Waals surface area contributed by atoms with E-state index >= 15 is 0 Å². The molecule has 19 heavy (non-hydrogen) atoms. The van der Waals surface area contributed by atoms with Gasteiger partial charge in [-0.25, -0.2) is 0 Å². The number of aryl methyl sites for hydroxylation is 2. The van der Waals surface area contributed by atoms with Crippen molar-refractivity contribution in [1.82, 2.24) is 0 Å². The van der Waals surface area contributed by atoms with E-state index in [1.165, 1.54) is 50.0 Å². The summed E-state index contributed by atoms with van der Waals surface area (Å²) < 4.78 is 0. The fourth-order valence-electron chi connectivity index (χ4n) is 3.08. The first-order valence-electron chi connectivity index (χ1n) is 7.54. The standard InChI is InChI=1S/C17H26BrN/c1-4-17(5-2,12-18)13-19-10-6-7-15-11-14(3)8-9-16(15)19/h8-9,11H,4-7,10,12-13H2,1-3H3. The highest BCUT2D eigenvalue weighted by Crippen LogP contribution is 2.35. The van der Waals surface area contributed by atoms with Gasteiger partial charge in [0.05, 0.1) is 0 Å². The zero-order chi connectivity index (χ0) is 13.9. The van der Waals surface area contributed by atoms with Crippen molar-refractivity contribution in [1.29, 1.82) is 0 Å². The van der Waals surface area contributed by atoms with Crippen LogP contribution in [0.15, 0.2) is 18.2 Å². The van der Waals surface area contributed by atoms with E-state index in [9.17, 15) is 0 Å². The normalized spacial score (nSPS) is 15.5. The summed E-state index contributed by atoms with van der Waals surface area (Å²) in [6.45, 7) is 9.24. The molecule has 1 aliphatic heterocycles. The van der Waals surface area contributed by atoms with E-state index in [1.54, 1.807) is 5.56 Å². The summed E-state index contributed by atoms with van der Waals surface area (Å²) in [5.74, 6) is 0. The lowest BCUT2D eigenvalue weighted by Crippen LogP contribution is -2.41. The van der Waals surface area contributed by atoms with Gasteiger partial charge < -0.3 is 4.90 Å². The second kappa shape index (κ2) is 6.30. The average molecular weight is 324 g/mol. The summed E-state index contributed by atoms with van der Waals surface area (Å²) in [7, 11) is 0. The molecule has 0 saturated heterocycles. The molecule has 1 heterocycles. The van der Waals surface area contributed by atoms with Crippen molar-refractivity contribution < 1.29 is 0 Å². The van der Waals surface area contributed by atoms with Gasteiger partial charge in [-0.2, -0.15) is 0 Å². The first-order valence-corrected chi connectivity index (χ1v) is 8.66. The van der Waals surface area contributed by atoms with E-state index in [4.69, 9.17) is 0 Å². The molecule has 1 aromatic carbocycles. The highest BCUT2D eigenvalue weighted by atomic mass is 79.9. The predicted molar refractivity (Wildman–Crippen MR) is 88.5 cm³/mol. The van der Waals surface area contributed by atoms with Crippen molar-refractivity contribution in [2.45, 2.75) is 46.5 Å². The van der Waals surface area contributed by atoms with Crippen LogP contribution < -0.4 is 4.90 Å². The minimum Gasteiger partial charge on any atom is -0.371 e. The molecular formula is C17H26BrN. The topological polar surface area (TPSA) is 3.24 Å². The predicted octanol–water partition coefficient (Wildman–Crippen LogP) is 4.95. The maximum atomic E-state index is 3.75. The Morgan fingerprint density at radius 1 is 1.26 bits per heavy atom. The number of alkyl halides is 1. The Morgan fingerprint density at radius 2 is 2.00 bits per heavy atom. The van der Waals surface area contributed by atoms with Crippen LogP contribution in [0.3, 0.4) is 0 Å². The molecule has 0 atom stereocenters. The van der Waals surface area contributed by atoms with Crippen LogP contribution in [0.2, 0.25) is 0 Å². The summed E-state index contributed by atoms with van der Waals surface area (Å²) in [4.78, 5) is 2.62. The third-order valence-electron chi connectivity index (χ3n) is 4.76. The molecule has 0 spiro atoms. The lowest BCUT2D eigenvalue weighted by atomic mass is 9.83. The molecule has 0 saturated carbocycles. The van der Waals surface area contributed by atoms with Gasteiger partial charge in [-0.05, 0) is 49.7 Å². The highest BCUT2D eigenvalue weighted by Gasteiger charge is 2.29. The largest absolute Gasteiger partial charge is 0.371 e. The molecule has 0 aromatic heterocycles. The number of fused-ring (bicyclic) bond motifs is 1. The first-order chi connectivity index (χ1) is 9.14. The third kappa shape index (κ3) is 3.16. The quantitative estimate of drug-likeness (QED) is 0.693. The number of halogens is 1. The average Bonchev–Trinajstić information content (AvgIpc) is 2.44. The monoisotopic (exact) mass is 323 g/mol. The van der Waals surface area contributed by atoms with Crippen molar-refractivity contribution in [3.63, 3.8) is 0 Å². The molecule has 0 unspecified atom stereocenters. The molecule has 1 aromatic rings. The number of rotatable bonds is 5. The minimum absolute atomic E-state index is 0.416. The molecule has 0 radical (unpaired) electrons. The van der Waals surface area contributed by atoms with Crippen LogP contribution in [0.1, 0.15) is 44.2 Å². The molecule has 2 rings (SSSR count). The van der Waals surface area contributed by atoms with Gasteiger partial charge in [0.1, 0.15) is 0 Å². The molecule has 1 nitrogen and oxygen atoms in total. The zero-order valence-electron chi connectivity index (χ0n) is 12.5.